The first-order chi connectivity index (χ1) is 8.63. The van der Waals surface area contributed by atoms with Crippen molar-refractivity contribution in [1.82, 2.24) is 4.90 Å². The molecule has 98 valence electrons. The number of likely N-dealkylation sites (tertiary alicyclic amines) is 1. The Morgan fingerprint density at radius 3 is 2.44 bits per heavy atom. The van der Waals surface area contributed by atoms with Crippen molar-refractivity contribution in [1.29, 1.82) is 0 Å². The zero-order chi connectivity index (χ0) is 12.6. The van der Waals surface area contributed by atoms with Gasteiger partial charge in [0.25, 0.3) is 0 Å². The number of ether oxygens (including phenoxy) is 1. The van der Waals surface area contributed by atoms with Crippen LogP contribution in [0.15, 0.2) is 30.3 Å². The standard InChI is InChI=1S/C15H21NO2/c1-15(17,12-5-3-2-4-6-12)11-16-9-13-7-8-14(10-16)18-13/h2-6,13-14,17H,7-11H2,1H3. The third-order valence-corrected chi connectivity index (χ3v) is 4.05. The predicted octanol–water partition coefficient (Wildman–Crippen LogP) is 1.76. The minimum absolute atomic E-state index is 0.385. The van der Waals surface area contributed by atoms with Crippen LogP contribution >= 0.6 is 0 Å². The highest BCUT2D eigenvalue weighted by Crippen LogP contribution is 2.29. The van der Waals surface area contributed by atoms with Gasteiger partial charge in [0.15, 0.2) is 0 Å². The number of benzene rings is 1. The van der Waals surface area contributed by atoms with Crippen LogP contribution in [0.25, 0.3) is 0 Å². The highest BCUT2D eigenvalue weighted by molar-refractivity contribution is 5.21. The highest BCUT2D eigenvalue weighted by atomic mass is 16.5. The lowest BCUT2D eigenvalue weighted by atomic mass is 9.95. The SMILES string of the molecule is CC(O)(CN1CC2CCC(C1)O2)c1ccccc1. The molecule has 3 atom stereocenters. The minimum atomic E-state index is -0.780. The van der Waals surface area contributed by atoms with E-state index in [-0.39, 0.29) is 0 Å². The molecule has 18 heavy (non-hydrogen) atoms. The normalized spacial score (nSPS) is 31.2. The summed E-state index contributed by atoms with van der Waals surface area (Å²) in [6.45, 7) is 4.51. The molecular weight excluding hydrogens is 226 g/mol. The van der Waals surface area contributed by atoms with Crippen molar-refractivity contribution in [2.75, 3.05) is 19.6 Å². The Morgan fingerprint density at radius 2 is 1.83 bits per heavy atom. The second kappa shape index (κ2) is 4.65. The first kappa shape index (κ1) is 12.2. The van der Waals surface area contributed by atoms with Crippen LogP contribution in [-0.4, -0.2) is 41.8 Å². The average molecular weight is 247 g/mol. The molecule has 1 N–H and O–H groups in total. The average Bonchev–Trinajstić information content (AvgIpc) is 2.69. The first-order valence-corrected chi connectivity index (χ1v) is 6.79. The summed E-state index contributed by atoms with van der Waals surface area (Å²) in [6, 6.07) is 9.93. The molecule has 2 fully saturated rings. The fourth-order valence-corrected chi connectivity index (χ4v) is 3.15. The zero-order valence-electron chi connectivity index (χ0n) is 10.9. The van der Waals surface area contributed by atoms with E-state index in [0.29, 0.717) is 18.8 Å². The van der Waals surface area contributed by atoms with Crippen LogP contribution in [0.1, 0.15) is 25.3 Å². The fraction of sp³-hybridized carbons (Fsp3) is 0.600. The van der Waals surface area contributed by atoms with Crippen LogP contribution in [0.4, 0.5) is 0 Å². The molecule has 0 spiro atoms. The van der Waals surface area contributed by atoms with Crippen LogP contribution in [0, 0.1) is 0 Å². The van der Waals surface area contributed by atoms with Gasteiger partial charge >= 0.3 is 0 Å². The molecule has 2 heterocycles. The number of fused-ring (bicyclic) bond motifs is 2. The number of hydrogen-bond donors (Lipinski definition) is 1. The highest BCUT2D eigenvalue weighted by Gasteiger charge is 2.36. The Balaban J connectivity index is 1.68. The summed E-state index contributed by atoms with van der Waals surface area (Å²) in [7, 11) is 0. The van der Waals surface area contributed by atoms with E-state index in [1.807, 2.05) is 37.3 Å². The van der Waals surface area contributed by atoms with Crippen molar-refractivity contribution in [3.63, 3.8) is 0 Å². The molecule has 0 amide bonds. The van der Waals surface area contributed by atoms with Crippen molar-refractivity contribution in [3.8, 4) is 0 Å². The molecule has 2 aliphatic heterocycles. The molecule has 3 unspecified atom stereocenters. The van der Waals surface area contributed by atoms with Gasteiger partial charge in [-0.1, -0.05) is 30.3 Å². The van der Waals surface area contributed by atoms with Gasteiger partial charge in [-0.15, -0.1) is 0 Å². The van der Waals surface area contributed by atoms with Gasteiger partial charge < -0.3 is 9.84 Å². The first-order valence-electron chi connectivity index (χ1n) is 6.79. The van der Waals surface area contributed by atoms with Gasteiger partial charge in [0.2, 0.25) is 0 Å². The number of hydrogen-bond acceptors (Lipinski definition) is 3. The van der Waals surface area contributed by atoms with Gasteiger partial charge in [0.05, 0.1) is 17.8 Å². The van der Waals surface area contributed by atoms with Gasteiger partial charge in [-0.2, -0.15) is 0 Å². The monoisotopic (exact) mass is 247 g/mol. The van der Waals surface area contributed by atoms with Crippen LogP contribution in [0.3, 0.4) is 0 Å². The fourth-order valence-electron chi connectivity index (χ4n) is 3.15. The molecule has 0 saturated carbocycles. The van der Waals surface area contributed by atoms with Gasteiger partial charge in [-0.05, 0) is 25.3 Å². The number of nitrogens with zero attached hydrogens (tertiary/aromatic N) is 1. The lowest BCUT2D eigenvalue weighted by Gasteiger charge is -2.37. The molecular formula is C15H21NO2. The van der Waals surface area contributed by atoms with Crippen LogP contribution in [0.2, 0.25) is 0 Å². The second-order valence-corrected chi connectivity index (χ2v) is 5.79. The molecule has 3 nitrogen and oxygen atoms in total. The van der Waals surface area contributed by atoms with Crippen molar-refractivity contribution < 1.29 is 9.84 Å². The number of β-amino-alcohol motifs (C(OH)–C–C–N with tert-alkyl or cyclic N) is 1. The number of aliphatic hydroxyl groups is 1. The number of rotatable bonds is 3. The van der Waals surface area contributed by atoms with Crippen LogP contribution in [0.5, 0.6) is 0 Å². The van der Waals surface area contributed by atoms with Gasteiger partial charge in [0, 0.05) is 19.6 Å². The van der Waals surface area contributed by atoms with E-state index in [0.717, 1.165) is 18.7 Å². The predicted molar refractivity (Wildman–Crippen MR) is 70.3 cm³/mol. The Bertz CT molecular complexity index is 392. The van der Waals surface area contributed by atoms with Gasteiger partial charge in [0.1, 0.15) is 0 Å². The molecule has 1 aromatic rings. The van der Waals surface area contributed by atoms with Crippen molar-refractivity contribution in [2.24, 2.45) is 0 Å². The Labute approximate surface area is 108 Å². The third-order valence-electron chi connectivity index (χ3n) is 4.05. The van der Waals surface area contributed by atoms with Crippen molar-refractivity contribution >= 4 is 0 Å². The Morgan fingerprint density at radius 1 is 1.22 bits per heavy atom. The van der Waals surface area contributed by atoms with E-state index < -0.39 is 5.60 Å². The topological polar surface area (TPSA) is 32.7 Å². The van der Waals surface area contributed by atoms with Crippen LogP contribution < -0.4 is 0 Å². The maximum atomic E-state index is 10.6. The van der Waals surface area contributed by atoms with Gasteiger partial charge in [-0.3, -0.25) is 4.90 Å². The summed E-state index contributed by atoms with van der Waals surface area (Å²) in [4.78, 5) is 2.35. The summed E-state index contributed by atoms with van der Waals surface area (Å²) < 4.78 is 5.82. The Hall–Kier alpha value is -0.900. The molecule has 0 radical (unpaired) electrons. The third kappa shape index (κ3) is 2.44. The second-order valence-electron chi connectivity index (χ2n) is 5.79. The van der Waals surface area contributed by atoms with E-state index in [1.54, 1.807) is 0 Å². The lowest BCUT2D eigenvalue weighted by Crippen LogP contribution is -2.48. The van der Waals surface area contributed by atoms with E-state index in [4.69, 9.17) is 4.74 Å². The summed E-state index contributed by atoms with van der Waals surface area (Å²) in [5, 5.41) is 10.6. The van der Waals surface area contributed by atoms with E-state index in [1.165, 1.54) is 12.8 Å². The molecule has 3 heteroatoms. The molecule has 0 aliphatic carbocycles. The quantitative estimate of drug-likeness (QED) is 0.883. The molecule has 3 rings (SSSR count). The van der Waals surface area contributed by atoms with E-state index >= 15 is 0 Å². The summed E-state index contributed by atoms with van der Waals surface area (Å²) >= 11 is 0. The molecule has 1 aromatic carbocycles. The molecule has 2 aliphatic rings. The molecule has 0 aromatic heterocycles. The smallest absolute Gasteiger partial charge is 0.0994 e. The van der Waals surface area contributed by atoms with Gasteiger partial charge in [-0.25, -0.2) is 0 Å². The summed E-state index contributed by atoms with van der Waals surface area (Å²) in [5.74, 6) is 0. The molecule has 2 saturated heterocycles. The summed E-state index contributed by atoms with van der Waals surface area (Å²) in [6.07, 6.45) is 3.12. The van der Waals surface area contributed by atoms with E-state index in [9.17, 15) is 5.11 Å². The summed E-state index contributed by atoms with van der Waals surface area (Å²) in [5.41, 5.74) is 0.210. The zero-order valence-corrected chi connectivity index (χ0v) is 10.9. The largest absolute Gasteiger partial charge is 0.384 e. The van der Waals surface area contributed by atoms with Crippen LogP contribution in [-0.2, 0) is 10.3 Å². The number of morpholine rings is 1. The maximum absolute atomic E-state index is 10.6. The maximum Gasteiger partial charge on any atom is 0.0994 e. The minimum Gasteiger partial charge on any atom is -0.384 e. The Kier molecular flexibility index (Phi) is 3.14. The lowest BCUT2D eigenvalue weighted by molar-refractivity contribution is -0.0684. The van der Waals surface area contributed by atoms with E-state index in [2.05, 4.69) is 4.90 Å². The van der Waals surface area contributed by atoms with Crippen molar-refractivity contribution in [3.05, 3.63) is 35.9 Å². The molecule has 2 bridgehead atoms. The van der Waals surface area contributed by atoms with Crippen molar-refractivity contribution in [2.45, 2.75) is 37.6 Å².